The molecule has 2 aromatic heterocycles. The van der Waals surface area contributed by atoms with Gasteiger partial charge in [-0.1, -0.05) is 52.7 Å². The first kappa shape index (κ1) is 39.0. The van der Waals surface area contributed by atoms with Crippen LogP contribution in [0.4, 0.5) is 9.59 Å². The van der Waals surface area contributed by atoms with Crippen molar-refractivity contribution in [1.29, 1.82) is 0 Å². The predicted octanol–water partition coefficient (Wildman–Crippen LogP) is 5.85. The number of hydrogen-bond acceptors (Lipinski definition) is 9. The Balaban J connectivity index is 1.19. The van der Waals surface area contributed by atoms with Crippen LogP contribution in [0.1, 0.15) is 119 Å². The lowest BCUT2D eigenvalue weighted by atomic mass is 9.81. The van der Waals surface area contributed by atoms with Crippen LogP contribution >= 0.6 is 0 Å². The zero-order chi connectivity index (χ0) is 39.9. The second kappa shape index (κ2) is 15.7. The summed E-state index contributed by atoms with van der Waals surface area (Å²) < 4.78 is 9.58. The van der Waals surface area contributed by atoms with Crippen LogP contribution in [-0.4, -0.2) is 98.9 Å². The summed E-state index contributed by atoms with van der Waals surface area (Å²) in [6, 6.07) is 1.94. The van der Waals surface area contributed by atoms with Crippen LogP contribution in [0.3, 0.4) is 0 Å². The lowest BCUT2D eigenvalue weighted by molar-refractivity contribution is -0.136. The SMILES string of the molecule is COC(=O)N[C@@H](C(=O)N1CCCC1c1ncc(-c2ccc(-c3cnc(C4CCCN4C(=O)[C@H](NC(=O)OC)C(C)C)[nH]3)c3c2CC2(CCCC2)C3=O)[nH]1)C(C)C. The molecule has 56 heavy (non-hydrogen) atoms. The minimum absolute atomic E-state index is 0.144. The number of aromatic amines is 2. The van der Waals surface area contributed by atoms with Crippen LogP contribution < -0.4 is 10.6 Å². The maximum absolute atomic E-state index is 14.6. The number of methoxy groups -OCH3 is 2. The quantitative estimate of drug-likeness (QED) is 0.196. The van der Waals surface area contributed by atoms with Gasteiger partial charge < -0.3 is 39.9 Å². The van der Waals surface area contributed by atoms with Crippen LogP contribution in [-0.2, 0) is 25.5 Å². The number of imidazole rings is 2. The van der Waals surface area contributed by atoms with E-state index in [1.54, 1.807) is 22.2 Å². The highest BCUT2D eigenvalue weighted by atomic mass is 16.5. The highest BCUT2D eigenvalue weighted by molar-refractivity contribution is 6.11. The van der Waals surface area contributed by atoms with Crippen molar-refractivity contribution in [1.82, 2.24) is 40.4 Å². The minimum Gasteiger partial charge on any atom is -0.453 e. The number of carbonyl (C=O) groups excluding carboxylic acids is 5. The van der Waals surface area contributed by atoms with E-state index < -0.39 is 29.7 Å². The Kier molecular flexibility index (Phi) is 11.0. The molecule has 15 nitrogen and oxygen atoms in total. The molecule has 0 radical (unpaired) electrons. The average molecular weight is 771 g/mol. The van der Waals surface area contributed by atoms with E-state index in [-0.39, 0.29) is 41.5 Å². The zero-order valence-electron chi connectivity index (χ0n) is 33.2. The van der Waals surface area contributed by atoms with Gasteiger partial charge in [0.2, 0.25) is 11.8 Å². The molecule has 3 fully saturated rings. The fourth-order valence-electron chi connectivity index (χ4n) is 9.38. The monoisotopic (exact) mass is 770 g/mol. The van der Waals surface area contributed by atoms with E-state index in [0.717, 1.165) is 67.3 Å². The molecule has 3 aromatic rings. The van der Waals surface area contributed by atoms with Crippen molar-refractivity contribution in [2.75, 3.05) is 27.3 Å². The van der Waals surface area contributed by atoms with Gasteiger partial charge in [0.05, 0.1) is 50.1 Å². The van der Waals surface area contributed by atoms with E-state index >= 15 is 0 Å². The third-order valence-electron chi connectivity index (χ3n) is 12.4. The topological polar surface area (TPSA) is 192 Å². The molecule has 2 aliphatic carbocycles. The third kappa shape index (κ3) is 7.04. The van der Waals surface area contributed by atoms with Crippen molar-refractivity contribution in [2.24, 2.45) is 17.3 Å². The van der Waals surface area contributed by atoms with Crippen LogP contribution in [0.2, 0.25) is 0 Å². The standard InChI is InChI=1S/C41H54N8O7/c1-22(2)32(46-39(53)55-5)37(51)48-17-9-11-29(48)35-42-20-27(44-35)24-13-14-25(31-26(24)19-41(34(31)50)15-7-8-16-41)28-21-43-36(45-28)30-12-10-18-49(30)38(52)33(23(3)4)47-40(54)56-6/h13-14,20-23,29-30,32-33H,7-12,15-19H2,1-6H3,(H,42,44)(H,43,45)(H,46,53)(H,47,54)/t29?,30?,32-,33-/m1/s1. The van der Waals surface area contributed by atoms with Gasteiger partial charge in [-0.3, -0.25) is 14.4 Å². The molecule has 4 N–H and O–H groups in total. The Bertz CT molecular complexity index is 2000. The maximum Gasteiger partial charge on any atom is 0.407 e. The molecule has 2 aliphatic heterocycles. The number of nitrogens with one attached hydrogen (secondary N) is 4. The number of ether oxygens (including phenoxy) is 2. The van der Waals surface area contributed by atoms with E-state index in [0.29, 0.717) is 48.8 Å². The van der Waals surface area contributed by atoms with Gasteiger partial charge in [0.15, 0.2) is 5.78 Å². The number of rotatable bonds is 10. The van der Waals surface area contributed by atoms with Crippen molar-refractivity contribution < 1.29 is 33.4 Å². The molecular weight excluding hydrogens is 716 g/mol. The number of H-pyrrole nitrogens is 2. The Morgan fingerprint density at radius 2 is 1.21 bits per heavy atom. The molecule has 4 atom stereocenters. The summed E-state index contributed by atoms with van der Waals surface area (Å²) in [7, 11) is 2.56. The predicted molar refractivity (Wildman–Crippen MR) is 206 cm³/mol. The second-order valence-electron chi connectivity index (χ2n) is 16.5. The molecule has 1 aromatic carbocycles. The summed E-state index contributed by atoms with van der Waals surface area (Å²) in [6.45, 7) is 8.64. The fourth-order valence-corrected chi connectivity index (χ4v) is 9.38. The van der Waals surface area contributed by atoms with E-state index in [4.69, 9.17) is 19.4 Å². The van der Waals surface area contributed by atoms with E-state index in [9.17, 15) is 24.0 Å². The fraction of sp³-hybridized carbons (Fsp3) is 0.585. The minimum atomic E-state index is -0.741. The summed E-state index contributed by atoms with van der Waals surface area (Å²) in [6.07, 6.45) is 9.63. The van der Waals surface area contributed by atoms with E-state index in [1.807, 2.05) is 39.8 Å². The number of amides is 4. The molecule has 4 amide bonds. The normalized spacial score (nSPS) is 21.2. The lowest BCUT2D eigenvalue weighted by Crippen LogP contribution is -2.51. The molecule has 0 bridgehead atoms. The van der Waals surface area contributed by atoms with E-state index in [1.165, 1.54) is 14.2 Å². The molecule has 15 heteroatoms. The number of aromatic nitrogens is 4. The van der Waals surface area contributed by atoms with Crippen molar-refractivity contribution in [3.05, 3.63) is 47.3 Å². The van der Waals surface area contributed by atoms with Gasteiger partial charge in [0.25, 0.3) is 0 Å². The number of carbonyl (C=O) groups is 5. The molecule has 2 saturated heterocycles. The summed E-state index contributed by atoms with van der Waals surface area (Å²) >= 11 is 0. The van der Waals surface area contributed by atoms with E-state index in [2.05, 4.69) is 20.6 Å². The van der Waals surface area contributed by atoms with Gasteiger partial charge >= 0.3 is 12.2 Å². The number of hydrogen-bond donors (Lipinski definition) is 4. The molecule has 4 aliphatic rings. The molecule has 1 saturated carbocycles. The summed E-state index contributed by atoms with van der Waals surface area (Å²) in [4.78, 5) is 86.4. The highest BCUT2D eigenvalue weighted by Crippen LogP contribution is 2.53. The summed E-state index contributed by atoms with van der Waals surface area (Å²) in [5.41, 5.74) is 4.42. The first-order chi connectivity index (χ1) is 26.9. The van der Waals surface area contributed by atoms with Crippen LogP contribution in [0.15, 0.2) is 24.5 Å². The Morgan fingerprint density at radius 1 is 0.750 bits per heavy atom. The Labute approximate surface area is 327 Å². The first-order valence-corrected chi connectivity index (χ1v) is 20.0. The van der Waals surface area contributed by atoms with Gasteiger partial charge in [0.1, 0.15) is 23.7 Å². The number of fused-ring (bicyclic) bond motifs is 1. The third-order valence-corrected chi connectivity index (χ3v) is 12.4. The summed E-state index contributed by atoms with van der Waals surface area (Å²) in [5, 5.41) is 5.40. The highest BCUT2D eigenvalue weighted by Gasteiger charge is 2.49. The Morgan fingerprint density at radius 3 is 1.68 bits per heavy atom. The maximum atomic E-state index is 14.6. The Hall–Kier alpha value is -5.21. The zero-order valence-corrected chi connectivity index (χ0v) is 33.2. The first-order valence-electron chi connectivity index (χ1n) is 20.0. The number of nitrogens with zero attached hydrogens (tertiary/aromatic N) is 4. The smallest absolute Gasteiger partial charge is 0.407 e. The van der Waals surface area contributed by atoms with Crippen LogP contribution in [0.5, 0.6) is 0 Å². The molecule has 2 unspecified atom stereocenters. The lowest BCUT2D eigenvalue weighted by Gasteiger charge is -2.30. The largest absolute Gasteiger partial charge is 0.453 e. The van der Waals surface area contributed by atoms with Gasteiger partial charge in [-0.05, 0) is 62.3 Å². The molecule has 1 spiro atoms. The van der Waals surface area contributed by atoms with Crippen LogP contribution in [0, 0.1) is 17.3 Å². The number of ketones is 1. The van der Waals surface area contributed by atoms with Gasteiger partial charge in [-0.2, -0.15) is 0 Å². The van der Waals surface area contributed by atoms with Gasteiger partial charge in [0, 0.05) is 35.2 Å². The number of benzene rings is 1. The number of alkyl carbamates (subject to hydrolysis) is 2. The molecule has 4 heterocycles. The second-order valence-corrected chi connectivity index (χ2v) is 16.5. The van der Waals surface area contributed by atoms with Crippen molar-refractivity contribution >= 4 is 29.8 Å². The summed E-state index contributed by atoms with van der Waals surface area (Å²) in [5.74, 6) is 0.815. The molecular formula is C41H54N8O7. The van der Waals surface area contributed by atoms with Crippen molar-refractivity contribution in [3.63, 3.8) is 0 Å². The number of likely N-dealkylation sites (tertiary alicyclic amines) is 2. The molecule has 7 rings (SSSR count). The van der Waals surface area contributed by atoms with Crippen molar-refractivity contribution in [2.45, 2.75) is 110 Å². The van der Waals surface area contributed by atoms with Gasteiger partial charge in [-0.25, -0.2) is 19.6 Å². The number of Topliss-reactive ketones (excluding diaryl/α,β-unsaturated/α-hetero) is 1. The van der Waals surface area contributed by atoms with Crippen molar-refractivity contribution in [3.8, 4) is 22.5 Å². The van der Waals surface area contributed by atoms with Gasteiger partial charge in [-0.15, -0.1) is 0 Å². The molecule has 300 valence electrons. The average Bonchev–Trinajstić information content (AvgIpc) is 4.04. The van der Waals surface area contributed by atoms with Crippen LogP contribution in [0.25, 0.3) is 22.5 Å².